The number of rotatable bonds is 4. The zero-order valence-corrected chi connectivity index (χ0v) is 13.8. The maximum atomic E-state index is 12.4. The van der Waals surface area contributed by atoms with E-state index in [1.54, 1.807) is 6.20 Å². The highest BCUT2D eigenvalue weighted by molar-refractivity contribution is 6.39. The summed E-state index contributed by atoms with van der Waals surface area (Å²) in [7, 11) is 0. The Hall–Kier alpha value is -1.63. The SMILES string of the molecule is O=C(NC[C@@H]1CCCO[C@H]1c1ccn[nH]1)c1c(Cl)cncc1Cl. The van der Waals surface area contributed by atoms with Crippen LogP contribution in [0.2, 0.25) is 10.0 Å². The molecule has 0 bridgehead atoms. The minimum Gasteiger partial charge on any atom is -0.372 e. The predicted molar refractivity (Wildman–Crippen MR) is 86.6 cm³/mol. The van der Waals surface area contributed by atoms with E-state index in [1.807, 2.05) is 6.07 Å². The fourth-order valence-corrected chi connectivity index (χ4v) is 3.30. The Bertz CT molecular complexity index is 658. The summed E-state index contributed by atoms with van der Waals surface area (Å²) in [6.07, 6.45) is 6.32. The Labute approximate surface area is 143 Å². The van der Waals surface area contributed by atoms with Crippen molar-refractivity contribution < 1.29 is 9.53 Å². The second-order valence-electron chi connectivity index (χ2n) is 5.39. The molecule has 0 aliphatic carbocycles. The molecular formula is C15H16Cl2N4O2. The largest absolute Gasteiger partial charge is 0.372 e. The summed E-state index contributed by atoms with van der Waals surface area (Å²) in [5, 5.41) is 10.3. The minimum absolute atomic E-state index is 0.102. The quantitative estimate of drug-likeness (QED) is 0.884. The van der Waals surface area contributed by atoms with Gasteiger partial charge in [0.15, 0.2) is 0 Å². The number of amides is 1. The number of aromatic amines is 1. The first-order valence-corrected chi connectivity index (χ1v) is 8.10. The van der Waals surface area contributed by atoms with Crippen LogP contribution in [0.4, 0.5) is 0 Å². The number of hydrogen-bond donors (Lipinski definition) is 2. The monoisotopic (exact) mass is 354 g/mol. The standard InChI is InChI=1S/C15H16Cl2N4O2/c16-10-7-18-8-11(17)13(10)15(22)19-6-9-2-1-5-23-14(9)12-3-4-20-21-12/h3-4,7-9,14H,1-2,5-6H2,(H,19,22)(H,20,21)/t9-,14+/m0/s1. The van der Waals surface area contributed by atoms with Crippen LogP contribution in [0.1, 0.15) is 35.0 Å². The summed E-state index contributed by atoms with van der Waals surface area (Å²) in [4.78, 5) is 16.2. The Morgan fingerprint density at radius 1 is 1.39 bits per heavy atom. The van der Waals surface area contributed by atoms with E-state index in [9.17, 15) is 4.79 Å². The van der Waals surface area contributed by atoms with Crippen LogP contribution in [0.15, 0.2) is 24.7 Å². The minimum atomic E-state index is -0.309. The van der Waals surface area contributed by atoms with Crippen molar-refractivity contribution in [1.82, 2.24) is 20.5 Å². The lowest BCUT2D eigenvalue weighted by atomic mass is 9.92. The van der Waals surface area contributed by atoms with E-state index >= 15 is 0 Å². The molecule has 2 aromatic heterocycles. The summed E-state index contributed by atoms with van der Waals surface area (Å²) in [6, 6.07) is 1.89. The highest BCUT2D eigenvalue weighted by Gasteiger charge is 2.29. The molecule has 1 amide bonds. The normalized spacial score (nSPS) is 21.1. The molecule has 1 fully saturated rings. The maximum Gasteiger partial charge on any atom is 0.254 e. The number of nitrogens with zero attached hydrogens (tertiary/aromatic N) is 2. The van der Waals surface area contributed by atoms with Gasteiger partial charge in [0.25, 0.3) is 5.91 Å². The van der Waals surface area contributed by atoms with Gasteiger partial charge in [0.2, 0.25) is 0 Å². The lowest BCUT2D eigenvalue weighted by Crippen LogP contribution is -2.35. The van der Waals surface area contributed by atoms with E-state index < -0.39 is 0 Å². The molecular weight excluding hydrogens is 339 g/mol. The number of carbonyl (C=O) groups is 1. The third kappa shape index (κ3) is 3.65. The third-order valence-electron chi connectivity index (χ3n) is 3.88. The van der Waals surface area contributed by atoms with E-state index in [-0.39, 0.29) is 33.5 Å². The van der Waals surface area contributed by atoms with Crippen LogP contribution in [0, 0.1) is 5.92 Å². The van der Waals surface area contributed by atoms with Gasteiger partial charge in [-0.05, 0) is 18.9 Å². The molecule has 23 heavy (non-hydrogen) atoms. The third-order valence-corrected chi connectivity index (χ3v) is 4.45. The fourth-order valence-electron chi connectivity index (χ4n) is 2.76. The average molecular weight is 355 g/mol. The zero-order chi connectivity index (χ0) is 16.2. The van der Waals surface area contributed by atoms with Gasteiger partial charge in [-0.25, -0.2) is 0 Å². The van der Waals surface area contributed by atoms with Crippen molar-refractivity contribution in [2.75, 3.05) is 13.2 Å². The molecule has 0 aromatic carbocycles. The first-order valence-electron chi connectivity index (χ1n) is 7.35. The Morgan fingerprint density at radius 2 is 2.17 bits per heavy atom. The molecule has 3 heterocycles. The molecule has 0 saturated carbocycles. The van der Waals surface area contributed by atoms with Gasteiger partial charge in [-0.3, -0.25) is 14.9 Å². The number of halogens is 2. The molecule has 0 radical (unpaired) electrons. The van der Waals surface area contributed by atoms with Crippen molar-refractivity contribution in [2.24, 2.45) is 5.92 Å². The van der Waals surface area contributed by atoms with Gasteiger partial charge in [0.1, 0.15) is 6.10 Å². The smallest absolute Gasteiger partial charge is 0.254 e. The highest BCUT2D eigenvalue weighted by Crippen LogP contribution is 2.32. The van der Waals surface area contributed by atoms with E-state index in [0.717, 1.165) is 18.5 Å². The van der Waals surface area contributed by atoms with Gasteiger partial charge < -0.3 is 10.1 Å². The molecule has 3 rings (SSSR count). The second-order valence-corrected chi connectivity index (χ2v) is 6.21. The first-order chi connectivity index (χ1) is 11.2. The Kier molecular flexibility index (Phi) is 5.15. The van der Waals surface area contributed by atoms with Crippen LogP contribution in [-0.4, -0.2) is 34.2 Å². The fraction of sp³-hybridized carbons (Fsp3) is 0.400. The van der Waals surface area contributed by atoms with Gasteiger partial charge >= 0.3 is 0 Å². The molecule has 2 aromatic rings. The number of carbonyl (C=O) groups excluding carboxylic acids is 1. The summed E-state index contributed by atoms with van der Waals surface area (Å²) < 4.78 is 5.84. The molecule has 1 saturated heterocycles. The molecule has 122 valence electrons. The molecule has 1 aliphatic heterocycles. The van der Waals surface area contributed by atoms with E-state index in [4.69, 9.17) is 27.9 Å². The van der Waals surface area contributed by atoms with Crippen molar-refractivity contribution >= 4 is 29.1 Å². The number of nitrogens with one attached hydrogen (secondary N) is 2. The van der Waals surface area contributed by atoms with Gasteiger partial charge in [0.05, 0.1) is 21.3 Å². The molecule has 1 aliphatic rings. The van der Waals surface area contributed by atoms with Crippen molar-refractivity contribution in [3.8, 4) is 0 Å². The number of ether oxygens (including phenoxy) is 1. The number of hydrogen-bond acceptors (Lipinski definition) is 4. The predicted octanol–water partition coefficient (Wildman–Crippen LogP) is 3.01. The van der Waals surface area contributed by atoms with Crippen LogP contribution in [0.5, 0.6) is 0 Å². The number of H-pyrrole nitrogens is 1. The summed E-state index contributed by atoms with van der Waals surface area (Å²) >= 11 is 12.0. The topological polar surface area (TPSA) is 79.9 Å². The Balaban J connectivity index is 1.68. The van der Waals surface area contributed by atoms with Crippen LogP contribution in [0.25, 0.3) is 0 Å². The summed E-state index contributed by atoms with van der Waals surface area (Å²) in [6.45, 7) is 1.17. The van der Waals surface area contributed by atoms with E-state index in [1.165, 1.54) is 12.4 Å². The van der Waals surface area contributed by atoms with Crippen molar-refractivity contribution in [3.63, 3.8) is 0 Å². The number of pyridine rings is 1. The first kappa shape index (κ1) is 16.2. The second kappa shape index (κ2) is 7.29. The van der Waals surface area contributed by atoms with Crippen LogP contribution in [0.3, 0.4) is 0 Å². The molecule has 8 heteroatoms. The van der Waals surface area contributed by atoms with Gasteiger partial charge in [-0.15, -0.1) is 0 Å². The summed E-state index contributed by atoms with van der Waals surface area (Å²) in [5.74, 6) is -0.149. The molecule has 6 nitrogen and oxygen atoms in total. The van der Waals surface area contributed by atoms with E-state index in [0.29, 0.717) is 13.2 Å². The van der Waals surface area contributed by atoms with Crippen LogP contribution in [-0.2, 0) is 4.74 Å². The van der Waals surface area contributed by atoms with Crippen molar-refractivity contribution in [2.45, 2.75) is 18.9 Å². The lowest BCUT2D eigenvalue weighted by Gasteiger charge is -2.31. The van der Waals surface area contributed by atoms with Gasteiger partial charge in [-0.2, -0.15) is 5.10 Å². The summed E-state index contributed by atoms with van der Waals surface area (Å²) in [5.41, 5.74) is 1.17. The van der Waals surface area contributed by atoms with Gasteiger partial charge in [0, 0.05) is 37.7 Å². The molecule has 0 unspecified atom stereocenters. The number of aromatic nitrogens is 3. The maximum absolute atomic E-state index is 12.4. The molecule has 0 spiro atoms. The van der Waals surface area contributed by atoms with Gasteiger partial charge in [-0.1, -0.05) is 23.2 Å². The van der Waals surface area contributed by atoms with Crippen LogP contribution < -0.4 is 5.32 Å². The van der Waals surface area contributed by atoms with E-state index in [2.05, 4.69) is 20.5 Å². The molecule has 2 N–H and O–H groups in total. The highest BCUT2D eigenvalue weighted by atomic mass is 35.5. The van der Waals surface area contributed by atoms with Crippen LogP contribution >= 0.6 is 23.2 Å². The van der Waals surface area contributed by atoms with Crippen molar-refractivity contribution in [1.29, 1.82) is 0 Å². The molecule has 2 atom stereocenters. The van der Waals surface area contributed by atoms with Crippen molar-refractivity contribution in [3.05, 3.63) is 46.0 Å². The average Bonchev–Trinajstić information content (AvgIpc) is 3.07. The lowest BCUT2D eigenvalue weighted by molar-refractivity contribution is -0.0297. The Morgan fingerprint density at radius 3 is 2.87 bits per heavy atom. The zero-order valence-electron chi connectivity index (χ0n) is 12.3.